The summed E-state index contributed by atoms with van der Waals surface area (Å²) in [4.78, 5) is 27.1. The summed E-state index contributed by atoms with van der Waals surface area (Å²) in [5.74, 6) is 1.16. The molecule has 0 spiro atoms. The first-order valence-electron chi connectivity index (χ1n) is 13.3. The van der Waals surface area contributed by atoms with Crippen molar-refractivity contribution in [2.45, 2.75) is 44.6 Å². The molecule has 9 heteroatoms. The topological polar surface area (TPSA) is 102 Å². The molecule has 0 saturated heterocycles. The number of nitrogens with one attached hydrogen (secondary N) is 2. The maximum absolute atomic E-state index is 13.2. The van der Waals surface area contributed by atoms with E-state index in [1.807, 2.05) is 31.3 Å². The third-order valence-corrected chi connectivity index (χ3v) is 7.81. The second-order valence-corrected chi connectivity index (χ2v) is 10.5. The number of hydrogen-bond donors (Lipinski definition) is 3. The maximum atomic E-state index is 13.2. The number of benzene rings is 2. The van der Waals surface area contributed by atoms with Crippen LogP contribution in [0.3, 0.4) is 0 Å². The molecule has 0 radical (unpaired) electrons. The first-order chi connectivity index (χ1) is 18.5. The van der Waals surface area contributed by atoms with Gasteiger partial charge in [-0.1, -0.05) is 31.4 Å². The second kappa shape index (κ2) is 13.8. The van der Waals surface area contributed by atoms with E-state index in [0.29, 0.717) is 18.0 Å². The third-order valence-electron chi connectivity index (χ3n) is 7.44. The Morgan fingerprint density at radius 3 is 2.55 bits per heavy atom. The fourth-order valence-corrected chi connectivity index (χ4v) is 5.70. The molecule has 38 heavy (non-hydrogen) atoms. The van der Waals surface area contributed by atoms with Crippen molar-refractivity contribution in [3.8, 4) is 17.0 Å². The normalized spacial score (nSPS) is 14.2. The van der Waals surface area contributed by atoms with Gasteiger partial charge >= 0.3 is 0 Å². The molecule has 0 bridgehead atoms. The van der Waals surface area contributed by atoms with Gasteiger partial charge in [-0.2, -0.15) is 0 Å². The van der Waals surface area contributed by atoms with Crippen LogP contribution in [-0.2, 0) is 11.3 Å². The zero-order chi connectivity index (χ0) is 26.9. The number of carbonyl (C=O) groups is 2. The fourth-order valence-electron chi connectivity index (χ4n) is 5.49. The quantitative estimate of drug-likeness (QED) is 0.169. The summed E-state index contributed by atoms with van der Waals surface area (Å²) < 4.78 is 10.5. The summed E-state index contributed by atoms with van der Waals surface area (Å²) in [6.45, 7) is 3.08. The average Bonchev–Trinajstić information content (AvgIpc) is 3.26. The highest BCUT2D eigenvalue weighted by molar-refractivity contribution is 7.95. The van der Waals surface area contributed by atoms with Crippen LogP contribution in [0.25, 0.3) is 22.2 Å². The zero-order valence-electron chi connectivity index (χ0n) is 22.4. The van der Waals surface area contributed by atoms with Gasteiger partial charge < -0.3 is 19.5 Å². The molecule has 0 aliphatic heterocycles. The van der Waals surface area contributed by atoms with Gasteiger partial charge in [0.05, 0.1) is 12.8 Å². The number of nitrogens with two attached hydrogens (primary N) is 1. The molecule has 3 aromatic rings. The number of amides is 1. The second-order valence-electron chi connectivity index (χ2n) is 9.97. The SMILES string of the molecule is COc1ccc(-c2c(C3CCCCC3)c3ccc(C=O)cc3n2CC(=O)NCCN(C)CCNSN)cc1. The van der Waals surface area contributed by atoms with Gasteiger partial charge in [-0.05, 0) is 67.3 Å². The van der Waals surface area contributed by atoms with Crippen molar-refractivity contribution < 1.29 is 14.3 Å². The van der Waals surface area contributed by atoms with Crippen LogP contribution in [0.5, 0.6) is 5.75 Å². The number of methoxy groups -OCH3 is 1. The number of rotatable bonds is 13. The summed E-state index contributed by atoms with van der Waals surface area (Å²) in [5.41, 5.74) is 4.95. The van der Waals surface area contributed by atoms with Crippen LogP contribution in [0.15, 0.2) is 42.5 Å². The summed E-state index contributed by atoms with van der Waals surface area (Å²) in [5, 5.41) is 9.63. The Morgan fingerprint density at radius 2 is 1.87 bits per heavy atom. The van der Waals surface area contributed by atoms with E-state index in [0.717, 1.165) is 78.8 Å². The number of nitrogens with zero attached hydrogens (tertiary/aromatic N) is 2. The van der Waals surface area contributed by atoms with E-state index < -0.39 is 0 Å². The summed E-state index contributed by atoms with van der Waals surface area (Å²) in [6.07, 6.45) is 6.82. The van der Waals surface area contributed by atoms with Crippen LogP contribution in [-0.4, -0.2) is 62.0 Å². The van der Waals surface area contributed by atoms with Crippen LogP contribution in [0.1, 0.15) is 53.9 Å². The van der Waals surface area contributed by atoms with Gasteiger partial charge in [-0.25, -0.2) is 4.72 Å². The fraction of sp³-hybridized carbons (Fsp3) is 0.448. The highest BCUT2D eigenvalue weighted by Gasteiger charge is 2.27. The Kier molecular flexibility index (Phi) is 10.2. The van der Waals surface area contributed by atoms with Gasteiger partial charge in [0.1, 0.15) is 18.6 Å². The van der Waals surface area contributed by atoms with Crippen molar-refractivity contribution >= 4 is 35.2 Å². The molecule has 1 saturated carbocycles. The average molecular weight is 538 g/mol. The van der Waals surface area contributed by atoms with Gasteiger partial charge in [0.15, 0.2) is 0 Å². The molecular formula is C29H39N5O3S. The van der Waals surface area contributed by atoms with Crippen LogP contribution in [0.2, 0.25) is 0 Å². The number of hydrogen-bond acceptors (Lipinski definition) is 7. The van der Waals surface area contributed by atoms with Gasteiger partial charge in [-0.3, -0.25) is 14.7 Å². The minimum atomic E-state index is -0.0487. The molecule has 4 rings (SSSR count). The third kappa shape index (κ3) is 6.77. The molecule has 4 N–H and O–H groups in total. The molecule has 1 amide bonds. The summed E-state index contributed by atoms with van der Waals surface area (Å²) >= 11 is 1.11. The molecule has 0 atom stereocenters. The lowest BCUT2D eigenvalue weighted by Crippen LogP contribution is -2.36. The van der Waals surface area contributed by atoms with E-state index in [2.05, 4.69) is 37.7 Å². The largest absolute Gasteiger partial charge is 0.497 e. The molecule has 0 unspecified atom stereocenters. The predicted molar refractivity (Wildman–Crippen MR) is 155 cm³/mol. The summed E-state index contributed by atoms with van der Waals surface area (Å²) in [7, 11) is 3.68. The number of aldehydes is 1. The Labute approximate surface area is 229 Å². The molecule has 1 aromatic heterocycles. The molecular weight excluding hydrogens is 498 g/mol. The smallest absolute Gasteiger partial charge is 0.240 e. The van der Waals surface area contributed by atoms with Crippen LogP contribution in [0.4, 0.5) is 0 Å². The number of carbonyl (C=O) groups excluding carboxylic acids is 2. The van der Waals surface area contributed by atoms with E-state index in [-0.39, 0.29) is 12.5 Å². The van der Waals surface area contributed by atoms with E-state index in [1.54, 1.807) is 7.11 Å². The molecule has 1 aliphatic rings. The molecule has 2 aromatic carbocycles. The van der Waals surface area contributed by atoms with Crippen molar-refractivity contribution in [3.05, 3.63) is 53.6 Å². The lowest BCUT2D eigenvalue weighted by atomic mass is 9.82. The van der Waals surface area contributed by atoms with E-state index in [9.17, 15) is 9.59 Å². The highest BCUT2D eigenvalue weighted by Crippen LogP contribution is 2.44. The van der Waals surface area contributed by atoms with Gasteiger partial charge in [0, 0.05) is 54.8 Å². The summed E-state index contributed by atoms with van der Waals surface area (Å²) in [6, 6.07) is 13.9. The molecule has 1 aliphatic carbocycles. The number of fused-ring (bicyclic) bond motifs is 1. The van der Waals surface area contributed by atoms with Gasteiger partial charge in [0.25, 0.3) is 0 Å². The Morgan fingerprint density at radius 1 is 1.13 bits per heavy atom. The maximum Gasteiger partial charge on any atom is 0.240 e. The Hall–Kier alpha value is -2.85. The van der Waals surface area contributed by atoms with Crippen molar-refractivity contribution in [2.75, 3.05) is 40.3 Å². The van der Waals surface area contributed by atoms with Crippen molar-refractivity contribution in [1.82, 2.24) is 19.5 Å². The van der Waals surface area contributed by atoms with Gasteiger partial charge in [-0.15, -0.1) is 0 Å². The number of aromatic nitrogens is 1. The number of likely N-dealkylation sites (N-methyl/N-ethyl adjacent to an activating group) is 1. The lowest BCUT2D eigenvalue weighted by molar-refractivity contribution is -0.121. The molecule has 1 heterocycles. The first-order valence-corrected chi connectivity index (χ1v) is 14.2. The minimum Gasteiger partial charge on any atom is -0.497 e. The Bertz CT molecular complexity index is 1220. The van der Waals surface area contributed by atoms with Crippen molar-refractivity contribution in [3.63, 3.8) is 0 Å². The molecule has 8 nitrogen and oxygen atoms in total. The Balaban J connectivity index is 1.68. The van der Waals surface area contributed by atoms with Crippen LogP contribution >= 0.6 is 12.1 Å². The monoisotopic (exact) mass is 537 g/mol. The van der Waals surface area contributed by atoms with E-state index in [4.69, 9.17) is 9.88 Å². The first kappa shape index (κ1) is 28.2. The van der Waals surface area contributed by atoms with Crippen LogP contribution < -0.4 is 19.9 Å². The predicted octanol–water partition coefficient (Wildman–Crippen LogP) is 4.34. The number of ether oxygens (including phenoxy) is 1. The zero-order valence-corrected chi connectivity index (χ0v) is 23.2. The van der Waals surface area contributed by atoms with Crippen molar-refractivity contribution in [1.29, 1.82) is 0 Å². The molecule has 1 fully saturated rings. The molecule has 204 valence electrons. The van der Waals surface area contributed by atoms with E-state index in [1.165, 1.54) is 24.8 Å². The lowest BCUT2D eigenvalue weighted by Gasteiger charge is -2.24. The van der Waals surface area contributed by atoms with Crippen molar-refractivity contribution in [2.24, 2.45) is 5.14 Å². The van der Waals surface area contributed by atoms with Gasteiger partial charge in [0.2, 0.25) is 5.91 Å². The minimum absolute atomic E-state index is 0.0487. The standard InChI is InChI=1S/C29H39N5O3S/c1-33(17-15-32-38-30)16-14-31-27(36)19-34-26-18-21(20-35)8-13-25(26)28(22-6-4-3-5-7-22)29(34)23-9-11-24(37-2)12-10-23/h8-13,18,20,22,32H,3-7,14-17,19,30H2,1-2H3,(H,31,36). The highest BCUT2D eigenvalue weighted by atomic mass is 32.2. The van der Waals surface area contributed by atoms with E-state index >= 15 is 0 Å². The van der Waals surface area contributed by atoms with Crippen LogP contribution in [0, 0.1) is 0 Å².